The molecular weight excluding hydrogens is 394 g/mol. The first kappa shape index (κ1) is 18.8. The average molecular weight is 411 g/mol. The Bertz CT molecular complexity index is 1300. The number of nitrogens with one attached hydrogen (secondary N) is 1. The standard InChI is InChI=1S/C19H17N5O4S/c1-3-28-15(25)8-11-10-29-19(20-11)22-17(26)13-9-12-16(23(13)2)21-14-6-4-5-7-24(14)18(12)27/h4-7,9-10H,3,8H2,1-2H3,(H,20,22,26). The third-order valence-corrected chi connectivity index (χ3v) is 5.15. The second-order valence-electron chi connectivity index (χ2n) is 6.25. The molecule has 0 aromatic carbocycles. The van der Waals surface area contributed by atoms with Gasteiger partial charge in [-0.3, -0.25) is 24.1 Å². The number of amides is 1. The fourth-order valence-corrected chi connectivity index (χ4v) is 3.71. The zero-order chi connectivity index (χ0) is 20.5. The molecule has 0 aliphatic carbocycles. The Hall–Kier alpha value is -3.53. The molecule has 4 aromatic heterocycles. The molecule has 10 heteroatoms. The number of thiazole rings is 1. The molecule has 0 radical (unpaired) electrons. The highest BCUT2D eigenvalue weighted by Crippen LogP contribution is 2.19. The van der Waals surface area contributed by atoms with E-state index in [4.69, 9.17) is 4.74 Å². The first-order valence-electron chi connectivity index (χ1n) is 8.86. The number of esters is 1. The second-order valence-corrected chi connectivity index (χ2v) is 7.11. The molecule has 0 spiro atoms. The number of carbonyl (C=O) groups is 2. The maximum absolute atomic E-state index is 12.7. The van der Waals surface area contributed by atoms with Gasteiger partial charge in [-0.15, -0.1) is 11.3 Å². The number of anilines is 1. The first-order valence-corrected chi connectivity index (χ1v) is 9.74. The predicted molar refractivity (Wildman–Crippen MR) is 108 cm³/mol. The summed E-state index contributed by atoms with van der Waals surface area (Å²) in [6.07, 6.45) is 1.68. The summed E-state index contributed by atoms with van der Waals surface area (Å²) in [5, 5.41) is 5.10. The number of hydrogen-bond acceptors (Lipinski definition) is 7. The molecule has 0 aliphatic heterocycles. The van der Waals surface area contributed by atoms with Crippen molar-refractivity contribution in [3.05, 3.63) is 57.6 Å². The normalized spacial score (nSPS) is 11.1. The molecule has 1 N–H and O–H groups in total. The summed E-state index contributed by atoms with van der Waals surface area (Å²) < 4.78 is 7.91. The zero-order valence-electron chi connectivity index (χ0n) is 15.7. The van der Waals surface area contributed by atoms with Gasteiger partial charge in [0.2, 0.25) is 0 Å². The van der Waals surface area contributed by atoms with E-state index in [0.29, 0.717) is 34.1 Å². The van der Waals surface area contributed by atoms with E-state index in [-0.39, 0.29) is 23.6 Å². The molecule has 29 heavy (non-hydrogen) atoms. The molecular formula is C19H17N5O4S. The molecule has 0 atom stereocenters. The molecule has 4 aromatic rings. The third-order valence-electron chi connectivity index (χ3n) is 4.34. The highest BCUT2D eigenvalue weighted by molar-refractivity contribution is 7.14. The number of carbonyl (C=O) groups excluding carboxylic acids is 2. The van der Waals surface area contributed by atoms with Crippen LogP contribution in [0.3, 0.4) is 0 Å². The van der Waals surface area contributed by atoms with E-state index in [2.05, 4.69) is 15.3 Å². The Morgan fingerprint density at radius 3 is 2.90 bits per heavy atom. The van der Waals surface area contributed by atoms with Crippen molar-refractivity contribution in [2.75, 3.05) is 11.9 Å². The van der Waals surface area contributed by atoms with Crippen molar-refractivity contribution in [1.82, 2.24) is 18.9 Å². The monoisotopic (exact) mass is 411 g/mol. The van der Waals surface area contributed by atoms with Crippen molar-refractivity contribution in [2.24, 2.45) is 7.05 Å². The van der Waals surface area contributed by atoms with E-state index in [1.54, 1.807) is 48.3 Å². The van der Waals surface area contributed by atoms with Gasteiger partial charge in [-0.2, -0.15) is 0 Å². The molecule has 9 nitrogen and oxygen atoms in total. The number of rotatable bonds is 5. The van der Waals surface area contributed by atoms with E-state index in [9.17, 15) is 14.4 Å². The quantitative estimate of drug-likeness (QED) is 0.503. The molecule has 4 rings (SSSR count). The van der Waals surface area contributed by atoms with Crippen molar-refractivity contribution in [3.8, 4) is 0 Å². The van der Waals surface area contributed by atoms with Crippen molar-refractivity contribution in [1.29, 1.82) is 0 Å². The van der Waals surface area contributed by atoms with E-state index >= 15 is 0 Å². The number of ether oxygens (including phenoxy) is 1. The van der Waals surface area contributed by atoms with Crippen LogP contribution < -0.4 is 10.9 Å². The summed E-state index contributed by atoms with van der Waals surface area (Å²) >= 11 is 1.21. The van der Waals surface area contributed by atoms with Gasteiger partial charge < -0.3 is 9.30 Å². The number of pyridine rings is 1. The molecule has 0 unspecified atom stereocenters. The van der Waals surface area contributed by atoms with Crippen LogP contribution >= 0.6 is 11.3 Å². The van der Waals surface area contributed by atoms with Crippen molar-refractivity contribution >= 4 is 45.0 Å². The first-order chi connectivity index (χ1) is 14.0. The maximum Gasteiger partial charge on any atom is 0.311 e. The van der Waals surface area contributed by atoms with Gasteiger partial charge in [-0.1, -0.05) is 6.07 Å². The van der Waals surface area contributed by atoms with E-state index in [1.807, 2.05) is 0 Å². The lowest BCUT2D eigenvalue weighted by Gasteiger charge is -2.04. The Kier molecular flexibility index (Phi) is 4.85. The number of aromatic nitrogens is 4. The summed E-state index contributed by atoms with van der Waals surface area (Å²) in [7, 11) is 1.68. The SMILES string of the molecule is CCOC(=O)Cc1csc(NC(=O)c2cc3c(=O)n4ccccc4nc3n2C)n1. The Labute approximate surface area is 168 Å². The van der Waals surface area contributed by atoms with Crippen LogP contribution in [0.2, 0.25) is 0 Å². The topological polar surface area (TPSA) is 108 Å². The van der Waals surface area contributed by atoms with E-state index in [0.717, 1.165) is 0 Å². The van der Waals surface area contributed by atoms with Crippen LogP contribution in [0.5, 0.6) is 0 Å². The Morgan fingerprint density at radius 1 is 1.28 bits per heavy atom. The smallest absolute Gasteiger partial charge is 0.311 e. The molecule has 0 aliphatic rings. The van der Waals surface area contributed by atoms with Crippen LogP contribution in [0.1, 0.15) is 23.1 Å². The minimum absolute atomic E-state index is 0.0432. The molecule has 148 valence electrons. The van der Waals surface area contributed by atoms with Gasteiger partial charge >= 0.3 is 5.97 Å². The van der Waals surface area contributed by atoms with Gasteiger partial charge in [0.1, 0.15) is 17.0 Å². The van der Waals surface area contributed by atoms with Crippen LogP contribution in [-0.2, 0) is 23.0 Å². The van der Waals surface area contributed by atoms with Gasteiger partial charge in [-0.25, -0.2) is 9.97 Å². The van der Waals surface area contributed by atoms with Gasteiger partial charge in [0, 0.05) is 18.6 Å². The van der Waals surface area contributed by atoms with Crippen LogP contribution in [0.4, 0.5) is 5.13 Å². The van der Waals surface area contributed by atoms with Gasteiger partial charge in [0.25, 0.3) is 11.5 Å². The van der Waals surface area contributed by atoms with Crippen LogP contribution in [-0.4, -0.2) is 37.4 Å². The molecule has 0 fully saturated rings. The summed E-state index contributed by atoms with van der Waals surface area (Å²) in [5.74, 6) is -0.793. The van der Waals surface area contributed by atoms with Gasteiger partial charge in [0.15, 0.2) is 5.13 Å². The highest BCUT2D eigenvalue weighted by Gasteiger charge is 2.19. The van der Waals surface area contributed by atoms with Crippen LogP contribution in [0.25, 0.3) is 16.7 Å². The minimum Gasteiger partial charge on any atom is -0.466 e. The summed E-state index contributed by atoms with van der Waals surface area (Å²) in [6, 6.07) is 6.79. The average Bonchev–Trinajstić information content (AvgIpc) is 3.27. The second kappa shape index (κ2) is 7.47. The maximum atomic E-state index is 12.7. The van der Waals surface area contributed by atoms with Crippen molar-refractivity contribution in [2.45, 2.75) is 13.3 Å². The van der Waals surface area contributed by atoms with E-state index in [1.165, 1.54) is 21.8 Å². The lowest BCUT2D eigenvalue weighted by Crippen LogP contribution is -2.16. The lowest BCUT2D eigenvalue weighted by molar-refractivity contribution is -0.142. The fraction of sp³-hybridized carbons (Fsp3) is 0.211. The molecule has 0 bridgehead atoms. The summed E-state index contributed by atoms with van der Waals surface area (Å²) in [4.78, 5) is 45.7. The highest BCUT2D eigenvalue weighted by atomic mass is 32.1. The number of aryl methyl sites for hydroxylation is 1. The summed E-state index contributed by atoms with van der Waals surface area (Å²) in [5.41, 5.74) is 1.48. The molecule has 4 heterocycles. The predicted octanol–water partition coefficient (Wildman–Crippen LogP) is 2.00. The molecule has 0 saturated heterocycles. The van der Waals surface area contributed by atoms with Crippen LogP contribution in [0.15, 0.2) is 40.6 Å². The lowest BCUT2D eigenvalue weighted by atomic mass is 10.3. The number of fused-ring (bicyclic) bond motifs is 2. The largest absolute Gasteiger partial charge is 0.466 e. The summed E-state index contributed by atoms with van der Waals surface area (Å²) in [6.45, 7) is 2.04. The number of nitrogens with zero attached hydrogens (tertiary/aromatic N) is 4. The van der Waals surface area contributed by atoms with Crippen molar-refractivity contribution in [3.63, 3.8) is 0 Å². The zero-order valence-corrected chi connectivity index (χ0v) is 16.5. The molecule has 0 saturated carbocycles. The van der Waals surface area contributed by atoms with E-state index < -0.39 is 5.91 Å². The number of hydrogen-bond donors (Lipinski definition) is 1. The fourth-order valence-electron chi connectivity index (χ4n) is 3.01. The third kappa shape index (κ3) is 3.49. The van der Waals surface area contributed by atoms with Gasteiger partial charge in [0.05, 0.1) is 24.1 Å². The minimum atomic E-state index is -0.420. The van der Waals surface area contributed by atoms with Crippen LogP contribution in [0, 0.1) is 0 Å². The Morgan fingerprint density at radius 2 is 2.10 bits per heavy atom. The van der Waals surface area contributed by atoms with Gasteiger partial charge in [-0.05, 0) is 25.1 Å². The molecule has 1 amide bonds. The van der Waals surface area contributed by atoms with Crippen molar-refractivity contribution < 1.29 is 14.3 Å². The Balaban J connectivity index is 1.62.